The van der Waals surface area contributed by atoms with Crippen LogP contribution in [0.15, 0.2) is 54.2 Å². The average molecular weight is 465 g/mol. The topological polar surface area (TPSA) is 78.2 Å². The Balaban J connectivity index is 1.82. The maximum absolute atomic E-state index is 14.2. The number of imidazole rings is 1. The normalized spacial score (nSPS) is 17.9. The Kier molecular flexibility index (Phi) is 6.79. The third kappa shape index (κ3) is 4.21. The summed E-state index contributed by atoms with van der Waals surface area (Å²) >= 11 is 0. The van der Waals surface area contributed by atoms with Crippen molar-refractivity contribution in [3.8, 4) is 0 Å². The van der Waals surface area contributed by atoms with Crippen molar-refractivity contribution in [1.82, 2.24) is 19.2 Å². The number of fused-ring (bicyclic) bond motifs is 1. The van der Waals surface area contributed by atoms with Crippen LogP contribution >= 0.6 is 0 Å². The smallest absolute Gasteiger partial charge is 0.295 e. The van der Waals surface area contributed by atoms with E-state index < -0.39 is 23.5 Å². The molecule has 0 radical (unpaired) electrons. The molecule has 34 heavy (non-hydrogen) atoms. The second-order valence-electron chi connectivity index (χ2n) is 8.40. The van der Waals surface area contributed by atoms with E-state index in [9.17, 15) is 19.1 Å². The van der Waals surface area contributed by atoms with Gasteiger partial charge >= 0.3 is 0 Å². The molecule has 4 rings (SSSR count). The Morgan fingerprint density at radius 2 is 1.91 bits per heavy atom. The summed E-state index contributed by atoms with van der Waals surface area (Å²) in [6.07, 6.45) is 2.39. The van der Waals surface area contributed by atoms with Crippen molar-refractivity contribution in [2.75, 3.05) is 26.2 Å². The van der Waals surface area contributed by atoms with Gasteiger partial charge in [0.1, 0.15) is 17.2 Å². The first-order chi connectivity index (χ1) is 16.4. The number of halogens is 1. The van der Waals surface area contributed by atoms with Crippen molar-refractivity contribution >= 4 is 23.1 Å². The van der Waals surface area contributed by atoms with Crippen LogP contribution in [0.4, 0.5) is 4.39 Å². The van der Waals surface area contributed by atoms with Gasteiger partial charge < -0.3 is 14.9 Å². The van der Waals surface area contributed by atoms with Gasteiger partial charge in [-0.05, 0) is 62.8 Å². The molecule has 7 nitrogen and oxygen atoms in total. The number of aromatic nitrogens is 2. The van der Waals surface area contributed by atoms with Gasteiger partial charge in [-0.25, -0.2) is 9.37 Å². The number of hydrogen-bond donors (Lipinski definition) is 1. The third-order valence-corrected chi connectivity index (χ3v) is 6.40. The van der Waals surface area contributed by atoms with E-state index >= 15 is 0 Å². The van der Waals surface area contributed by atoms with E-state index in [-0.39, 0.29) is 11.3 Å². The minimum atomic E-state index is -0.888. The van der Waals surface area contributed by atoms with Crippen molar-refractivity contribution in [3.05, 3.63) is 77.0 Å². The first kappa shape index (κ1) is 23.6. The van der Waals surface area contributed by atoms with Gasteiger partial charge in [0.2, 0.25) is 0 Å². The molecule has 1 amide bonds. The number of amides is 1. The quantitative estimate of drug-likeness (QED) is 0.310. The Morgan fingerprint density at radius 1 is 1.15 bits per heavy atom. The van der Waals surface area contributed by atoms with Gasteiger partial charge in [-0.2, -0.15) is 0 Å². The predicted molar refractivity (Wildman–Crippen MR) is 128 cm³/mol. The Labute approximate surface area is 198 Å². The van der Waals surface area contributed by atoms with E-state index in [0.717, 1.165) is 19.6 Å². The van der Waals surface area contributed by atoms with Crippen LogP contribution in [0.5, 0.6) is 0 Å². The lowest BCUT2D eigenvalue weighted by Crippen LogP contribution is -2.33. The molecule has 1 atom stereocenters. The summed E-state index contributed by atoms with van der Waals surface area (Å²) in [6.45, 7) is 8.72. The van der Waals surface area contributed by atoms with Gasteiger partial charge in [0.05, 0.1) is 17.3 Å². The molecule has 1 saturated heterocycles. The lowest BCUT2D eigenvalue weighted by atomic mass is 9.96. The molecule has 1 N–H and O–H groups in total. The summed E-state index contributed by atoms with van der Waals surface area (Å²) in [5.74, 6) is -2.26. The third-order valence-electron chi connectivity index (χ3n) is 6.40. The fourth-order valence-electron chi connectivity index (χ4n) is 4.66. The zero-order valence-electron chi connectivity index (χ0n) is 19.7. The van der Waals surface area contributed by atoms with E-state index in [4.69, 9.17) is 0 Å². The number of nitrogens with zero attached hydrogens (tertiary/aromatic N) is 4. The molecule has 3 aromatic rings. The van der Waals surface area contributed by atoms with Crippen LogP contribution < -0.4 is 0 Å². The van der Waals surface area contributed by atoms with Crippen LogP contribution in [0.25, 0.3) is 11.4 Å². The minimum absolute atomic E-state index is 0.0489. The van der Waals surface area contributed by atoms with Crippen molar-refractivity contribution in [1.29, 1.82) is 0 Å². The number of ketones is 1. The number of aliphatic hydroxyl groups excluding tert-OH is 1. The van der Waals surface area contributed by atoms with Crippen molar-refractivity contribution < 1.29 is 19.1 Å². The number of hydrogen-bond acceptors (Lipinski definition) is 5. The number of Topliss-reactive ketones (excluding diaryl/α,β-unsaturated/α-hetero) is 1. The number of rotatable bonds is 8. The van der Waals surface area contributed by atoms with Gasteiger partial charge in [0.25, 0.3) is 11.7 Å². The maximum atomic E-state index is 14.2. The molecule has 178 valence electrons. The summed E-state index contributed by atoms with van der Waals surface area (Å²) in [6, 6.07) is 10.4. The Morgan fingerprint density at radius 3 is 2.62 bits per heavy atom. The number of pyridine rings is 1. The van der Waals surface area contributed by atoms with E-state index in [1.54, 1.807) is 41.8 Å². The van der Waals surface area contributed by atoms with Crippen molar-refractivity contribution in [2.45, 2.75) is 33.2 Å². The monoisotopic (exact) mass is 464 g/mol. The second kappa shape index (κ2) is 9.77. The number of likely N-dealkylation sites (tertiary alicyclic amines) is 1. The van der Waals surface area contributed by atoms with E-state index in [1.807, 2.05) is 6.07 Å². The largest absolute Gasteiger partial charge is 0.505 e. The highest BCUT2D eigenvalue weighted by Gasteiger charge is 2.46. The van der Waals surface area contributed by atoms with Crippen LogP contribution in [0.2, 0.25) is 0 Å². The minimum Gasteiger partial charge on any atom is -0.505 e. The van der Waals surface area contributed by atoms with Crippen LogP contribution in [-0.2, 0) is 9.59 Å². The summed E-state index contributed by atoms with van der Waals surface area (Å²) in [4.78, 5) is 34.5. The molecular formula is C26H29FN4O3. The lowest BCUT2D eigenvalue weighted by molar-refractivity contribution is -0.140. The summed E-state index contributed by atoms with van der Waals surface area (Å²) in [5, 5.41) is 11.4. The average Bonchev–Trinajstić information content (AvgIpc) is 3.29. The van der Waals surface area contributed by atoms with Gasteiger partial charge in [0, 0.05) is 12.7 Å². The molecule has 0 unspecified atom stereocenters. The van der Waals surface area contributed by atoms with Crippen LogP contribution in [-0.4, -0.2) is 62.2 Å². The van der Waals surface area contributed by atoms with Crippen molar-refractivity contribution in [2.24, 2.45) is 0 Å². The molecule has 1 fully saturated rings. The highest BCUT2D eigenvalue weighted by atomic mass is 19.1. The molecule has 2 aromatic heterocycles. The molecular weight excluding hydrogens is 435 g/mol. The molecule has 0 spiro atoms. The first-order valence-electron chi connectivity index (χ1n) is 11.6. The van der Waals surface area contributed by atoms with E-state index in [0.29, 0.717) is 35.6 Å². The molecule has 3 heterocycles. The van der Waals surface area contributed by atoms with Gasteiger partial charge in [-0.1, -0.05) is 32.0 Å². The predicted octanol–water partition coefficient (Wildman–Crippen LogP) is 3.94. The van der Waals surface area contributed by atoms with Crippen molar-refractivity contribution in [3.63, 3.8) is 0 Å². The molecule has 1 aliphatic heterocycles. The standard InChI is InChI=1S/C26H29FN4O3/c1-4-29(5-2)13-9-15-31-23(18-10-8-11-19(27)16-18)21(25(33)26(31)34)24(32)22-17(3)28-20-12-6-7-14-30(20)22/h6-8,10-12,14,16,23,32H,4-5,9,13,15H2,1-3H3/t23-/m0/s1. The van der Waals surface area contributed by atoms with Gasteiger partial charge in [-0.15, -0.1) is 0 Å². The maximum Gasteiger partial charge on any atom is 0.295 e. The Bertz CT molecular complexity index is 1260. The summed E-state index contributed by atoms with van der Waals surface area (Å²) in [7, 11) is 0. The number of carbonyl (C=O) groups excluding carboxylic acids is 2. The summed E-state index contributed by atoms with van der Waals surface area (Å²) in [5.41, 5.74) is 1.87. The lowest BCUT2D eigenvalue weighted by Gasteiger charge is -2.26. The van der Waals surface area contributed by atoms with Gasteiger partial charge in [-0.3, -0.25) is 14.0 Å². The highest BCUT2D eigenvalue weighted by molar-refractivity contribution is 6.46. The fraction of sp³-hybridized carbons (Fsp3) is 0.346. The number of carbonyl (C=O) groups is 2. The first-order valence-corrected chi connectivity index (χ1v) is 11.6. The molecule has 8 heteroatoms. The number of aliphatic hydroxyl groups is 1. The van der Waals surface area contributed by atoms with Crippen LogP contribution in [0.3, 0.4) is 0 Å². The van der Waals surface area contributed by atoms with Crippen LogP contribution in [0.1, 0.15) is 43.3 Å². The zero-order valence-corrected chi connectivity index (χ0v) is 19.7. The highest BCUT2D eigenvalue weighted by Crippen LogP contribution is 2.40. The second-order valence-corrected chi connectivity index (χ2v) is 8.40. The number of benzene rings is 1. The molecule has 0 bridgehead atoms. The SMILES string of the molecule is CCN(CC)CCCN1C(=O)C(=O)C(=C(O)c2c(C)nc3ccccn23)[C@@H]1c1cccc(F)c1. The Hall–Kier alpha value is -3.52. The van der Waals surface area contributed by atoms with Crippen LogP contribution in [0, 0.1) is 12.7 Å². The van der Waals surface area contributed by atoms with E-state index in [1.165, 1.54) is 17.0 Å². The molecule has 1 aromatic carbocycles. The van der Waals surface area contributed by atoms with Gasteiger partial charge in [0.15, 0.2) is 5.76 Å². The zero-order chi connectivity index (χ0) is 24.4. The number of aryl methyl sites for hydroxylation is 1. The molecule has 0 aliphatic carbocycles. The molecule has 1 aliphatic rings. The van der Waals surface area contributed by atoms with E-state index in [2.05, 4.69) is 23.7 Å². The summed E-state index contributed by atoms with van der Waals surface area (Å²) < 4.78 is 15.9. The fourth-order valence-corrected chi connectivity index (χ4v) is 4.66. The molecule has 0 saturated carbocycles.